The van der Waals surface area contributed by atoms with Crippen molar-refractivity contribution in [3.63, 3.8) is 0 Å². The maximum Gasteiger partial charge on any atom is 0.241 e. The smallest absolute Gasteiger partial charge is 0.241 e. The van der Waals surface area contributed by atoms with Crippen LogP contribution in [-0.2, 0) is 10.0 Å². The summed E-state index contributed by atoms with van der Waals surface area (Å²) in [6, 6.07) is 16.8. The molecular weight excluding hydrogens is 308 g/mol. The number of hydrogen-bond donors (Lipinski definition) is 1. The van der Waals surface area contributed by atoms with E-state index in [2.05, 4.69) is 16.7 Å². The van der Waals surface area contributed by atoms with E-state index in [0.717, 1.165) is 37.1 Å². The highest BCUT2D eigenvalue weighted by atomic mass is 32.2. The largest absolute Gasteiger partial charge is 0.306 e. The number of piperidine rings is 1. The van der Waals surface area contributed by atoms with Crippen LogP contribution in [0.15, 0.2) is 59.5 Å². The Balaban J connectivity index is 1.89. The predicted octanol–water partition coefficient (Wildman–Crippen LogP) is 2.73. The molecule has 0 spiro atoms. The number of nitrogens with zero attached hydrogens (tertiary/aromatic N) is 1. The first-order valence-corrected chi connectivity index (χ1v) is 9.40. The van der Waals surface area contributed by atoms with Gasteiger partial charge in [-0.1, -0.05) is 48.5 Å². The van der Waals surface area contributed by atoms with Crippen molar-refractivity contribution in [2.75, 3.05) is 20.1 Å². The Morgan fingerprint density at radius 3 is 2.26 bits per heavy atom. The Kier molecular flexibility index (Phi) is 4.80. The van der Waals surface area contributed by atoms with Gasteiger partial charge in [0.2, 0.25) is 10.0 Å². The number of sulfonamides is 1. The van der Waals surface area contributed by atoms with Gasteiger partial charge in [0.05, 0.1) is 4.90 Å². The second-order valence-corrected chi connectivity index (χ2v) is 7.74. The van der Waals surface area contributed by atoms with Crippen LogP contribution in [0.2, 0.25) is 0 Å². The molecule has 1 aliphatic heterocycles. The standard InChI is InChI=1S/C18H22N2O2S/c1-20-13-11-16(12-14-20)19-23(21,22)18-10-6-5-9-17(18)15-7-3-2-4-8-15/h2-10,16,19H,11-14H2,1H3. The topological polar surface area (TPSA) is 49.4 Å². The third-order valence-electron chi connectivity index (χ3n) is 4.30. The number of likely N-dealkylation sites (tertiary alicyclic amines) is 1. The van der Waals surface area contributed by atoms with Crippen LogP contribution < -0.4 is 4.72 Å². The molecule has 1 heterocycles. The van der Waals surface area contributed by atoms with Gasteiger partial charge in [-0.25, -0.2) is 13.1 Å². The summed E-state index contributed by atoms with van der Waals surface area (Å²) >= 11 is 0. The van der Waals surface area contributed by atoms with Crippen LogP contribution in [0.1, 0.15) is 12.8 Å². The van der Waals surface area contributed by atoms with Gasteiger partial charge in [0, 0.05) is 11.6 Å². The fourth-order valence-electron chi connectivity index (χ4n) is 2.97. The minimum Gasteiger partial charge on any atom is -0.306 e. The van der Waals surface area contributed by atoms with Gasteiger partial charge in [0.15, 0.2) is 0 Å². The van der Waals surface area contributed by atoms with Crippen molar-refractivity contribution >= 4 is 10.0 Å². The highest BCUT2D eigenvalue weighted by Gasteiger charge is 2.25. The van der Waals surface area contributed by atoms with Crippen molar-refractivity contribution in [2.24, 2.45) is 0 Å². The third kappa shape index (κ3) is 3.80. The molecule has 0 amide bonds. The molecule has 0 aliphatic carbocycles. The van der Waals surface area contributed by atoms with E-state index in [4.69, 9.17) is 0 Å². The Hall–Kier alpha value is -1.69. The molecule has 1 fully saturated rings. The summed E-state index contributed by atoms with van der Waals surface area (Å²) in [6.07, 6.45) is 1.70. The van der Waals surface area contributed by atoms with E-state index in [0.29, 0.717) is 4.90 Å². The average Bonchev–Trinajstić information content (AvgIpc) is 2.58. The summed E-state index contributed by atoms with van der Waals surface area (Å²) in [6.45, 7) is 1.85. The minimum absolute atomic E-state index is 0.0139. The van der Waals surface area contributed by atoms with Gasteiger partial charge in [0.25, 0.3) is 0 Å². The van der Waals surface area contributed by atoms with E-state index in [1.165, 1.54) is 0 Å². The molecule has 122 valence electrons. The highest BCUT2D eigenvalue weighted by Crippen LogP contribution is 2.27. The van der Waals surface area contributed by atoms with Gasteiger partial charge in [-0.05, 0) is 44.6 Å². The summed E-state index contributed by atoms with van der Waals surface area (Å²) in [5, 5.41) is 0. The zero-order chi connectivity index (χ0) is 16.3. The molecule has 0 bridgehead atoms. The number of hydrogen-bond acceptors (Lipinski definition) is 3. The zero-order valence-corrected chi connectivity index (χ0v) is 14.1. The monoisotopic (exact) mass is 330 g/mol. The maximum atomic E-state index is 12.9. The number of nitrogens with one attached hydrogen (secondary N) is 1. The zero-order valence-electron chi connectivity index (χ0n) is 13.3. The summed E-state index contributed by atoms with van der Waals surface area (Å²) in [4.78, 5) is 2.58. The van der Waals surface area contributed by atoms with Crippen molar-refractivity contribution in [1.82, 2.24) is 9.62 Å². The Bertz CT molecular complexity index is 752. The van der Waals surface area contributed by atoms with Crippen LogP contribution >= 0.6 is 0 Å². The summed E-state index contributed by atoms with van der Waals surface area (Å²) < 4.78 is 28.6. The quantitative estimate of drug-likeness (QED) is 0.938. The van der Waals surface area contributed by atoms with E-state index >= 15 is 0 Å². The molecule has 1 saturated heterocycles. The molecule has 0 aromatic heterocycles. The molecule has 3 rings (SSSR count). The van der Waals surface area contributed by atoms with Crippen molar-refractivity contribution in [3.8, 4) is 11.1 Å². The van der Waals surface area contributed by atoms with Crippen LogP contribution in [0.5, 0.6) is 0 Å². The summed E-state index contributed by atoms with van der Waals surface area (Å²) in [5.74, 6) is 0. The van der Waals surface area contributed by atoms with Gasteiger partial charge < -0.3 is 4.90 Å². The Labute approximate surface area is 138 Å². The number of rotatable bonds is 4. The lowest BCUT2D eigenvalue weighted by molar-refractivity contribution is 0.248. The summed E-state index contributed by atoms with van der Waals surface area (Å²) in [7, 11) is -1.46. The fourth-order valence-corrected chi connectivity index (χ4v) is 4.50. The average molecular weight is 330 g/mol. The van der Waals surface area contributed by atoms with E-state index < -0.39 is 10.0 Å². The minimum atomic E-state index is -3.52. The van der Waals surface area contributed by atoms with Crippen molar-refractivity contribution in [3.05, 3.63) is 54.6 Å². The van der Waals surface area contributed by atoms with E-state index in [1.807, 2.05) is 42.5 Å². The van der Waals surface area contributed by atoms with Crippen LogP contribution in [0, 0.1) is 0 Å². The van der Waals surface area contributed by atoms with Crippen molar-refractivity contribution in [1.29, 1.82) is 0 Å². The van der Waals surface area contributed by atoms with Crippen LogP contribution in [0.3, 0.4) is 0 Å². The maximum absolute atomic E-state index is 12.9. The molecule has 4 nitrogen and oxygen atoms in total. The Morgan fingerprint density at radius 1 is 0.957 bits per heavy atom. The Morgan fingerprint density at radius 2 is 1.57 bits per heavy atom. The fraction of sp³-hybridized carbons (Fsp3) is 0.333. The van der Waals surface area contributed by atoms with E-state index in [9.17, 15) is 8.42 Å². The van der Waals surface area contributed by atoms with Crippen LogP contribution in [0.25, 0.3) is 11.1 Å². The van der Waals surface area contributed by atoms with Crippen LogP contribution in [0.4, 0.5) is 0 Å². The van der Waals surface area contributed by atoms with Crippen molar-refractivity contribution < 1.29 is 8.42 Å². The second kappa shape index (κ2) is 6.83. The lowest BCUT2D eigenvalue weighted by Gasteiger charge is -2.29. The molecule has 2 aromatic rings. The van der Waals surface area contributed by atoms with Gasteiger partial charge in [-0.2, -0.15) is 0 Å². The molecule has 23 heavy (non-hydrogen) atoms. The van der Waals surface area contributed by atoms with Crippen LogP contribution in [-0.4, -0.2) is 39.5 Å². The van der Waals surface area contributed by atoms with Gasteiger partial charge in [0.1, 0.15) is 0 Å². The molecule has 5 heteroatoms. The lowest BCUT2D eigenvalue weighted by Crippen LogP contribution is -2.43. The van der Waals surface area contributed by atoms with Crippen molar-refractivity contribution in [2.45, 2.75) is 23.8 Å². The lowest BCUT2D eigenvalue weighted by atomic mass is 10.1. The van der Waals surface area contributed by atoms with E-state index in [1.54, 1.807) is 12.1 Å². The normalized spacial score (nSPS) is 17.3. The molecule has 1 aliphatic rings. The molecular formula is C18H22N2O2S. The first-order chi connectivity index (χ1) is 11.1. The molecule has 0 unspecified atom stereocenters. The van der Waals surface area contributed by atoms with Gasteiger partial charge in [-0.3, -0.25) is 0 Å². The van der Waals surface area contributed by atoms with Gasteiger partial charge in [-0.15, -0.1) is 0 Å². The van der Waals surface area contributed by atoms with E-state index in [-0.39, 0.29) is 6.04 Å². The second-order valence-electron chi connectivity index (χ2n) is 6.06. The molecule has 2 aromatic carbocycles. The SMILES string of the molecule is CN1CCC(NS(=O)(=O)c2ccccc2-c2ccccc2)CC1. The first kappa shape index (κ1) is 16.2. The third-order valence-corrected chi connectivity index (χ3v) is 5.88. The summed E-state index contributed by atoms with van der Waals surface area (Å²) in [5.41, 5.74) is 1.66. The first-order valence-electron chi connectivity index (χ1n) is 7.91. The van der Waals surface area contributed by atoms with Gasteiger partial charge >= 0.3 is 0 Å². The molecule has 1 N–H and O–H groups in total. The molecule has 0 saturated carbocycles. The number of benzene rings is 2. The highest BCUT2D eigenvalue weighted by molar-refractivity contribution is 7.89. The molecule has 0 radical (unpaired) electrons. The predicted molar refractivity (Wildman–Crippen MR) is 92.7 cm³/mol. The molecule has 0 atom stereocenters.